The fourth-order valence-electron chi connectivity index (χ4n) is 3.89. The zero-order valence-corrected chi connectivity index (χ0v) is 15.3. The minimum absolute atomic E-state index is 0.0854. The van der Waals surface area contributed by atoms with Gasteiger partial charge in [0.05, 0.1) is 0 Å². The summed E-state index contributed by atoms with van der Waals surface area (Å²) in [6.45, 7) is 7.47. The smallest absolute Gasteiger partial charge is 0.324 e. The van der Waals surface area contributed by atoms with Crippen LogP contribution in [0.3, 0.4) is 0 Å². The SMILES string of the molecule is C=CCC(CC=C)(C(=O)OC1CCCCC1)C(=O)OC1CCCCC1. The number of carbonyl (C=O) groups excluding carboxylic acids is 2. The molecule has 4 nitrogen and oxygen atoms in total. The summed E-state index contributed by atoms with van der Waals surface area (Å²) < 4.78 is 11.5. The Bertz CT molecular complexity index is 426. The maximum atomic E-state index is 13.0. The van der Waals surface area contributed by atoms with Crippen LogP contribution in [0, 0.1) is 5.41 Å². The van der Waals surface area contributed by atoms with Crippen LogP contribution in [0.5, 0.6) is 0 Å². The second kappa shape index (κ2) is 9.79. The lowest BCUT2D eigenvalue weighted by Crippen LogP contribution is -2.44. The van der Waals surface area contributed by atoms with Gasteiger partial charge in [0.15, 0.2) is 5.41 Å². The summed E-state index contributed by atoms with van der Waals surface area (Å²) in [5.41, 5.74) is -1.33. The molecule has 0 atom stereocenters. The van der Waals surface area contributed by atoms with E-state index in [1.165, 1.54) is 12.8 Å². The van der Waals surface area contributed by atoms with Crippen molar-refractivity contribution in [2.45, 2.75) is 89.3 Å². The Labute approximate surface area is 151 Å². The highest BCUT2D eigenvalue weighted by atomic mass is 16.6. The molecule has 2 aliphatic carbocycles. The summed E-state index contributed by atoms with van der Waals surface area (Å²) in [5.74, 6) is -0.944. The number of hydrogen-bond donors (Lipinski definition) is 0. The Morgan fingerprint density at radius 3 is 1.44 bits per heavy atom. The predicted molar refractivity (Wildman–Crippen MR) is 98.0 cm³/mol. The molecule has 2 fully saturated rings. The molecule has 2 aliphatic rings. The van der Waals surface area contributed by atoms with Crippen LogP contribution in [0.4, 0.5) is 0 Å². The van der Waals surface area contributed by atoms with Gasteiger partial charge in [-0.05, 0) is 64.2 Å². The lowest BCUT2D eigenvalue weighted by atomic mass is 9.80. The minimum atomic E-state index is -1.33. The van der Waals surface area contributed by atoms with Crippen molar-refractivity contribution in [3.05, 3.63) is 25.3 Å². The Morgan fingerprint density at radius 1 is 0.760 bits per heavy atom. The second-order valence-electron chi connectivity index (χ2n) is 7.40. The molecule has 2 rings (SSSR count). The number of carbonyl (C=O) groups is 2. The molecule has 4 heteroatoms. The van der Waals surface area contributed by atoms with E-state index in [0.717, 1.165) is 51.4 Å². The fourth-order valence-corrected chi connectivity index (χ4v) is 3.89. The van der Waals surface area contributed by atoms with Gasteiger partial charge in [-0.15, -0.1) is 13.2 Å². The largest absolute Gasteiger partial charge is 0.462 e. The molecule has 0 aromatic rings. The van der Waals surface area contributed by atoms with E-state index in [0.29, 0.717) is 0 Å². The maximum Gasteiger partial charge on any atom is 0.324 e. The average Bonchev–Trinajstić information content (AvgIpc) is 2.63. The average molecular weight is 348 g/mol. The first-order valence-corrected chi connectivity index (χ1v) is 9.76. The van der Waals surface area contributed by atoms with Gasteiger partial charge in [0.1, 0.15) is 12.2 Å². The van der Waals surface area contributed by atoms with Gasteiger partial charge in [-0.25, -0.2) is 0 Å². The summed E-state index contributed by atoms with van der Waals surface area (Å²) in [6.07, 6.45) is 13.6. The van der Waals surface area contributed by atoms with E-state index in [2.05, 4.69) is 13.2 Å². The Kier molecular flexibility index (Phi) is 7.73. The summed E-state index contributed by atoms with van der Waals surface area (Å²) >= 11 is 0. The molecular formula is C21H32O4. The van der Waals surface area contributed by atoms with Crippen molar-refractivity contribution in [2.24, 2.45) is 5.41 Å². The van der Waals surface area contributed by atoms with Crippen molar-refractivity contribution in [3.8, 4) is 0 Å². The van der Waals surface area contributed by atoms with Crippen LogP contribution in [-0.4, -0.2) is 24.1 Å². The van der Waals surface area contributed by atoms with Gasteiger partial charge in [0, 0.05) is 0 Å². The topological polar surface area (TPSA) is 52.6 Å². The molecule has 0 aliphatic heterocycles. The van der Waals surface area contributed by atoms with Crippen molar-refractivity contribution >= 4 is 11.9 Å². The molecule has 0 aromatic carbocycles. The first-order valence-electron chi connectivity index (χ1n) is 9.76. The van der Waals surface area contributed by atoms with Crippen LogP contribution in [0.1, 0.15) is 77.0 Å². The van der Waals surface area contributed by atoms with Crippen molar-refractivity contribution in [2.75, 3.05) is 0 Å². The van der Waals surface area contributed by atoms with Crippen LogP contribution in [0.15, 0.2) is 25.3 Å². The number of ether oxygens (including phenoxy) is 2. The van der Waals surface area contributed by atoms with E-state index in [1.54, 1.807) is 12.2 Å². The van der Waals surface area contributed by atoms with E-state index >= 15 is 0 Å². The zero-order valence-electron chi connectivity index (χ0n) is 15.3. The van der Waals surface area contributed by atoms with Crippen LogP contribution in [0.2, 0.25) is 0 Å². The maximum absolute atomic E-state index is 13.0. The van der Waals surface area contributed by atoms with Gasteiger partial charge in [0.25, 0.3) is 0 Å². The normalized spacial score (nSPS) is 19.8. The zero-order chi connectivity index (χ0) is 18.1. The monoisotopic (exact) mass is 348 g/mol. The number of allylic oxidation sites excluding steroid dienone is 2. The third-order valence-corrected chi connectivity index (χ3v) is 5.42. The standard InChI is InChI=1S/C21H32O4/c1-3-15-21(16-4-2,19(22)24-17-11-7-5-8-12-17)20(23)25-18-13-9-6-10-14-18/h3-4,17-18H,1-2,5-16H2. The van der Waals surface area contributed by atoms with Gasteiger partial charge in [0.2, 0.25) is 0 Å². The Hall–Kier alpha value is -1.58. The molecule has 0 bridgehead atoms. The van der Waals surface area contributed by atoms with Gasteiger partial charge < -0.3 is 9.47 Å². The first kappa shape index (κ1) is 19.7. The van der Waals surface area contributed by atoms with Gasteiger partial charge in [-0.3, -0.25) is 9.59 Å². The van der Waals surface area contributed by atoms with E-state index in [9.17, 15) is 9.59 Å². The molecule has 0 unspecified atom stereocenters. The van der Waals surface area contributed by atoms with Gasteiger partial charge in [-0.2, -0.15) is 0 Å². The van der Waals surface area contributed by atoms with Crippen molar-refractivity contribution in [3.63, 3.8) is 0 Å². The lowest BCUT2D eigenvalue weighted by Gasteiger charge is -2.33. The van der Waals surface area contributed by atoms with Crippen LogP contribution >= 0.6 is 0 Å². The Balaban J connectivity index is 2.12. The van der Waals surface area contributed by atoms with Gasteiger partial charge >= 0.3 is 11.9 Å². The highest BCUT2D eigenvalue weighted by Gasteiger charge is 2.48. The minimum Gasteiger partial charge on any atom is -0.462 e. The molecule has 0 spiro atoms. The highest BCUT2D eigenvalue weighted by Crippen LogP contribution is 2.35. The van der Waals surface area contributed by atoms with E-state index in [1.807, 2.05) is 0 Å². The molecule has 0 N–H and O–H groups in total. The first-order chi connectivity index (χ1) is 12.1. The third kappa shape index (κ3) is 5.20. The van der Waals surface area contributed by atoms with E-state index in [4.69, 9.17) is 9.47 Å². The van der Waals surface area contributed by atoms with Crippen molar-refractivity contribution in [1.82, 2.24) is 0 Å². The molecule has 0 aromatic heterocycles. The fraction of sp³-hybridized carbons (Fsp3) is 0.714. The summed E-state index contributed by atoms with van der Waals surface area (Å²) in [5, 5.41) is 0. The summed E-state index contributed by atoms with van der Waals surface area (Å²) in [4.78, 5) is 26.0. The second-order valence-corrected chi connectivity index (χ2v) is 7.40. The molecule has 140 valence electrons. The Morgan fingerprint density at radius 2 is 1.12 bits per heavy atom. The predicted octanol–water partition coefficient (Wildman–Crippen LogP) is 4.88. The number of esters is 2. The summed E-state index contributed by atoms with van der Waals surface area (Å²) in [7, 11) is 0. The highest BCUT2D eigenvalue weighted by molar-refractivity contribution is 6.00. The molecular weight excluding hydrogens is 316 g/mol. The van der Waals surface area contributed by atoms with Crippen LogP contribution in [-0.2, 0) is 19.1 Å². The molecule has 0 heterocycles. The quantitative estimate of drug-likeness (QED) is 0.356. The molecule has 25 heavy (non-hydrogen) atoms. The molecule has 2 saturated carbocycles. The van der Waals surface area contributed by atoms with E-state index < -0.39 is 17.4 Å². The van der Waals surface area contributed by atoms with Crippen molar-refractivity contribution in [1.29, 1.82) is 0 Å². The number of hydrogen-bond acceptors (Lipinski definition) is 4. The molecule has 0 radical (unpaired) electrons. The van der Waals surface area contributed by atoms with E-state index in [-0.39, 0.29) is 25.0 Å². The van der Waals surface area contributed by atoms with Gasteiger partial charge in [-0.1, -0.05) is 25.0 Å². The third-order valence-electron chi connectivity index (χ3n) is 5.42. The molecule has 0 saturated heterocycles. The van der Waals surface area contributed by atoms with Crippen molar-refractivity contribution < 1.29 is 19.1 Å². The van der Waals surface area contributed by atoms with Crippen LogP contribution < -0.4 is 0 Å². The number of rotatable bonds is 8. The lowest BCUT2D eigenvalue weighted by molar-refractivity contribution is -0.180. The summed E-state index contributed by atoms with van der Waals surface area (Å²) in [6, 6.07) is 0. The molecule has 0 amide bonds. The van der Waals surface area contributed by atoms with Crippen LogP contribution in [0.25, 0.3) is 0 Å².